The topological polar surface area (TPSA) is 16.4 Å². The van der Waals surface area contributed by atoms with E-state index in [9.17, 15) is 0 Å². The maximum absolute atomic E-state index is 6.29. The summed E-state index contributed by atoms with van der Waals surface area (Å²) in [5.74, 6) is 0. The van der Waals surface area contributed by atoms with Gasteiger partial charge in [-0.15, -0.1) is 11.3 Å². The van der Waals surface area contributed by atoms with E-state index in [1.54, 1.807) is 0 Å². The number of anilines is 3. The van der Waals surface area contributed by atoms with E-state index in [0.717, 1.165) is 50.1 Å². The molecule has 3 heteroatoms. The molecule has 0 saturated heterocycles. The van der Waals surface area contributed by atoms with Gasteiger partial charge >= 0.3 is 0 Å². The Bertz CT molecular complexity index is 3210. The third kappa shape index (κ3) is 5.40. The van der Waals surface area contributed by atoms with Crippen LogP contribution in [0, 0.1) is 0 Å². The summed E-state index contributed by atoms with van der Waals surface area (Å²) in [7, 11) is 0. The van der Waals surface area contributed by atoms with Gasteiger partial charge < -0.3 is 9.32 Å². The maximum Gasteiger partial charge on any atom is 0.136 e. The van der Waals surface area contributed by atoms with Crippen molar-refractivity contribution in [1.29, 1.82) is 0 Å². The molecule has 0 saturated carbocycles. The summed E-state index contributed by atoms with van der Waals surface area (Å²) in [5.41, 5.74) is 12.3. The molecule has 2 heterocycles. The Hall–Kier alpha value is -6.94. The van der Waals surface area contributed by atoms with Gasteiger partial charge in [-0.05, 0) is 105 Å². The molecule has 9 aromatic carbocycles. The molecule has 0 spiro atoms. The van der Waals surface area contributed by atoms with Crippen molar-refractivity contribution in [2.24, 2.45) is 0 Å². The summed E-state index contributed by atoms with van der Waals surface area (Å²) >= 11 is 1.85. The molecule has 0 aliphatic heterocycles. The van der Waals surface area contributed by atoms with Gasteiger partial charge in [0.2, 0.25) is 0 Å². The quantitative estimate of drug-likeness (QED) is 0.170. The zero-order chi connectivity index (χ0) is 36.3. The summed E-state index contributed by atoms with van der Waals surface area (Å²) in [6.07, 6.45) is 0. The van der Waals surface area contributed by atoms with Crippen LogP contribution in [0.4, 0.5) is 17.1 Å². The monoisotopic (exact) mass is 719 g/mol. The van der Waals surface area contributed by atoms with Crippen LogP contribution in [0.5, 0.6) is 0 Å². The number of hydrogen-bond acceptors (Lipinski definition) is 3. The summed E-state index contributed by atoms with van der Waals surface area (Å²) in [4.78, 5) is 2.42. The Kier molecular flexibility index (Phi) is 7.39. The lowest BCUT2D eigenvalue weighted by molar-refractivity contribution is 0.669. The van der Waals surface area contributed by atoms with Crippen LogP contribution in [0.15, 0.2) is 205 Å². The van der Waals surface area contributed by atoms with Crippen molar-refractivity contribution in [1.82, 2.24) is 0 Å². The molecule has 0 radical (unpaired) electrons. The van der Waals surface area contributed by atoms with Crippen molar-refractivity contribution in [3.05, 3.63) is 200 Å². The lowest BCUT2D eigenvalue weighted by Crippen LogP contribution is -2.10. The third-order valence-electron chi connectivity index (χ3n) is 10.9. The van der Waals surface area contributed by atoms with E-state index in [0.29, 0.717) is 0 Å². The van der Waals surface area contributed by atoms with Gasteiger partial charge in [0.25, 0.3) is 0 Å². The molecule has 2 aromatic heterocycles. The SMILES string of the molecule is c1cc(-c2cccc3oc4ccccc4c23)cc(N(c2ccc(-c3ccc(-c4ccc5ccccc5c4)cc3)cc2)c2cccc3sc4ccccc4c23)c1. The second-order valence-corrected chi connectivity index (χ2v) is 15.2. The van der Waals surface area contributed by atoms with Gasteiger partial charge in [-0.25, -0.2) is 0 Å². The summed E-state index contributed by atoms with van der Waals surface area (Å²) in [5, 5.41) is 7.33. The lowest BCUT2D eigenvalue weighted by Gasteiger charge is -2.27. The number of nitrogens with zero attached hydrogens (tertiary/aromatic N) is 1. The molecule has 11 aromatic rings. The van der Waals surface area contributed by atoms with Crippen LogP contribution in [0.3, 0.4) is 0 Å². The second-order valence-electron chi connectivity index (χ2n) is 14.1. The van der Waals surface area contributed by atoms with Gasteiger partial charge in [-0.2, -0.15) is 0 Å². The normalized spacial score (nSPS) is 11.6. The maximum atomic E-state index is 6.29. The minimum absolute atomic E-state index is 0.899. The summed E-state index contributed by atoms with van der Waals surface area (Å²) in [6.45, 7) is 0. The number of hydrogen-bond donors (Lipinski definition) is 0. The average molecular weight is 720 g/mol. The van der Waals surface area contributed by atoms with Gasteiger partial charge in [-0.3, -0.25) is 0 Å². The van der Waals surface area contributed by atoms with Gasteiger partial charge in [0, 0.05) is 42.3 Å². The molecular formula is C52H33NOS. The van der Waals surface area contributed by atoms with Crippen LogP contribution in [-0.2, 0) is 0 Å². The van der Waals surface area contributed by atoms with Crippen molar-refractivity contribution in [3.63, 3.8) is 0 Å². The smallest absolute Gasteiger partial charge is 0.136 e. The van der Waals surface area contributed by atoms with Crippen molar-refractivity contribution in [2.45, 2.75) is 0 Å². The van der Waals surface area contributed by atoms with Crippen molar-refractivity contribution in [3.8, 4) is 33.4 Å². The third-order valence-corrected chi connectivity index (χ3v) is 12.0. The van der Waals surface area contributed by atoms with Gasteiger partial charge in [-0.1, -0.05) is 140 Å². The minimum Gasteiger partial charge on any atom is -0.456 e. The fraction of sp³-hybridized carbons (Fsp3) is 0. The number of para-hydroxylation sites is 1. The van der Waals surface area contributed by atoms with Gasteiger partial charge in [0.1, 0.15) is 11.2 Å². The Morgan fingerprint density at radius 3 is 1.85 bits per heavy atom. The number of fused-ring (bicyclic) bond motifs is 7. The largest absolute Gasteiger partial charge is 0.456 e. The lowest BCUT2D eigenvalue weighted by atomic mass is 9.97. The molecule has 11 rings (SSSR count). The molecule has 55 heavy (non-hydrogen) atoms. The van der Waals surface area contributed by atoms with E-state index >= 15 is 0 Å². The zero-order valence-electron chi connectivity index (χ0n) is 29.8. The highest BCUT2D eigenvalue weighted by Gasteiger charge is 2.20. The first kappa shape index (κ1) is 31.6. The standard InChI is InChI=1S/C52H33NOS/c1-2-11-38-32-39(27-26-34(38)10-1)37-24-22-35(23-25-37)36-28-30-41(31-29-36)53(46-17-9-21-50-52(46)45-15-4-6-20-49(45)55-50)42-13-7-12-40(33-42)43-16-8-19-48-51(43)44-14-3-5-18-47(44)54-48/h1-33H. The number of furan rings is 1. The minimum atomic E-state index is 0.899. The van der Waals surface area contributed by atoms with Gasteiger partial charge in [0.15, 0.2) is 0 Å². The highest BCUT2D eigenvalue weighted by molar-refractivity contribution is 7.26. The van der Waals surface area contributed by atoms with E-state index < -0.39 is 0 Å². The molecule has 0 amide bonds. The number of benzene rings is 9. The molecule has 0 atom stereocenters. The molecule has 0 N–H and O–H groups in total. The van der Waals surface area contributed by atoms with Gasteiger partial charge in [0.05, 0.1) is 5.69 Å². The first-order valence-electron chi connectivity index (χ1n) is 18.7. The van der Waals surface area contributed by atoms with E-state index in [2.05, 4.69) is 193 Å². The van der Waals surface area contributed by atoms with Crippen LogP contribution in [0.2, 0.25) is 0 Å². The Morgan fingerprint density at radius 1 is 0.364 bits per heavy atom. The number of thiophene rings is 1. The zero-order valence-corrected chi connectivity index (χ0v) is 30.6. The Balaban J connectivity index is 1.03. The van der Waals surface area contributed by atoms with Crippen molar-refractivity contribution in [2.75, 3.05) is 4.90 Å². The molecule has 0 bridgehead atoms. The van der Waals surface area contributed by atoms with E-state index in [1.807, 2.05) is 23.5 Å². The fourth-order valence-electron chi connectivity index (χ4n) is 8.22. The first-order chi connectivity index (χ1) is 27.2. The predicted octanol–water partition coefficient (Wildman–Crippen LogP) is 15.6. The first-order valence-corrected chi connectivity index (χ1v) is 19.5. The number of rotatable bonds is 6. The summed E-state index contributed by atoms with van der Waals surface area (Å²) in [6, 6.07) is 72.3. The van der Waals surface area contributed by atoms with Crippen LogP contribution >= 0.6 is 11.3 Å². The van der Waals surface area contributed by atoms with Crippen LogP contribution in [0.25, 0.3) is 86.3 Å². The second kappa shape index (κ2) is 12.9. The highest BCUT2D eigenvalue weighted by Crippen LogP contribution is 2.46. The molecule has 258 valence electrons. The average Bonchev–Trinajstić information content (AvgIpc) is 3.83. The molecular weight excluding hydrogens is 687 g/mol. The van der Waals surface area contributed by atoms with Crippen molar-refractivity contribution < 1.29 is 4.42 Å². The molecule has 0 aliphatic carbocycles. The van der Waals surface area contributed by atoms with E-state index in [1.165, 1.54) is 53.2 Å². The molecule has 0 aliphatic rings. The summed E-state index contributed by atoms with van der Waals surface area (Å²) < 4.78 is 8.86. The fourth-order valence-corrected chi connectivity index (χ4v) is 9.35. The molecule has 0 fully saturated rings. The van der Waals surface area contributed by atoms with Crippen LogP contribution in [0.1, 0.15) is 0 Å². The Morgan fingerprint density at radius 2 is 1.00 bits per heavy atom. The molecule has 0 unspecified atom stereocenters. The van der Waals surface area contributed by atoms with E-state index in [4.69, 9.17) is 4.42 Å². The predicted molar refractivity (Wildman–Crippen MR) is 235 cm³/mol. The van der Waals surface area contributed by atoms with Crippen LogP contribution in [-0.4, -0.2) is 0 Å². The highest BCUT2D eigenvalue weighted by atomic mass is 32.1. The van der Waals surface area contributed by atoms with Crippen molar-refractivity contribution >= 4 is 81.3 Å². The Labute approximate surface area is 322 Å². The van der Waals surface area contributed by atoms with E-state index in [-0.39, 0.29) is 0 Å². The molecule has 2 nitrogen and oxygen atoms in total. The van der Waals surface area contributed by atoms with Crippen LogP contribution < -0.4 is 4.90 Å².